The van der Waals surface area contributed by atoms with Crippen molar-refractivity contribution >= 4 is 46.2 Å². The molecule has 8 heteroatoms. The van der Waals surface area contributed by atoms with Gasteiger partial charge in [0, 0.05) is 13.1 Å². The summed E-state index contributed by atoms with van der Waals surface area (Å²) in [4.78, 5) is 29.0. The van der Waals surface area contributed by atoms with Gasteiger partial charge < -0.3 is 14.7 Å². The van der Waals surface area contributed by atoms with Crippen molar-refractivity contribution in [1.29, 1.82) is 0 Å². The number of rotatable bonds is 8. The Kier molecular flexibility index (Phi) is 7.62. The third-order valence-electron chi connectivity index (χ3n) is 4.50. The summed E-state index contributed by atoms with van der Waals surface area (Å²) in [6, 6.07) is 16.8. The Labute approximate surface area is 185 Å². The fourth-order valence-electron chi connectivity index (χ4n) is 2.97. The predicted molar refractivity (Wildman–Crippen MR) is 122 cm³/mol. The molecule has 0 unspecified atom stereocenters. The Morgan fingerprint density at radius 3 is 2.70 bits per heavy atom. The van der Waals surface area contributed by atoms with Gasteiger partial charge in [0.05, 0.1) is 18.6 Å². The molecule has 0 spiro atoms. The lowest BCUT2D eigenvalue weighted by molar-refractivity contribution is -0.136. The van der Waals surface area contributed by atoms with Crippen LogP contribution in [-0.2, 0) is 16.1 Å². The molecule has 6 nitrogen and oxygen atoms in total. The summed E-state index contributed by atoms with van der Waals surface area (Å²) in [7, 11) is 1.58. The number of hydrogen-bond donors (Lipinski definition) is 1. The van der Waals surface area contributed by atoms with E-state index in [4.69, 9.17) is 17.0 Å². The highest BCUT2D eigenvalue weighted by molar-refractivity contribution is 8.26. The third kappa shape index (κ3) is 5.47. The van der Waals surface area contributed by atoms with Gasteiger partial charge in [0.2, 0.25) is 5.91 Å². The maximum absolute atomic E-state index is 12.8. The molecule has 3 rings (SSSR count). The second-order valence-electron chi connectivity index (χ2n) is 6.57. The van der Waals surface area contributed by atoms with Gasteiger partial charge in [-0.05, 0) is 29.3 Å². The summed E-state index contributed by atoms with van der Waals surface area (Å²) in [5, 5.41) is 9.35. The molecule has 0 atom stereocenters. The summed E-state index contributed by atoms with van der Waals surface area (Å²) in [6.45, 7) is 0.219. The van der Waals surface area contributed by atoms with Gasteiger partial charge >= 0.3 is 0 Å². The molecular weight excluding hydrogens is 420 g/mol. The minimum absolute atomic E-state index is 0.160. The Balaban J connectivity index is 1.71. The van der Waals surface area contributed by atoms with Crippen molar-refractivity contribution in [3.63, 3.8) is 0 Å². The molecule has 30 heavy (non-hydrogen) atoms. The standard InChI is InChI=1S/C22H22N2O4S2/c1-28-18-9-5-8-17(12-18)13-19-21(27)24(22(29)30-19)15-20(26)23(10-11-25)14-16-6-3-2-4-7-16/h2-9,12-13,25H,10-11,14-15H2,1H3/b19-13-. The molecule has 2 amide bonds. The molecule has 0 saturated carbocycles. The van der Waals surface area contributed by atoms with E-state index in [0.29, 0.717) is 21.5 Å². The van der Waals surface area contributed by atoms with Crippen molar-refractivity contribution in [2.24, 2.45) is 0 Å². The van der Waals surface area contributed by atoms with Crippen LogP contribution in [0.2, 0.25) is 0 Å². The Morgan fingerprint density at radius 1 is 1.23 bits per heavy atom. The van der Waals surface area contributed by atoms with Crippen LogP contribution in [0.3, 0.4) is 0 Å². The number of carbonyl (C=O) groups excluding carboxylic acids is 2. The van der Waals surface area contributed by atoms with Gasteiger partial charge in [-0.3, -0.25) is 14.5 Å². The lowest BCUT2D eigenvalue weighted by atomic mass is 10.2. The fourth-order valence-corrected chi connectivity index (χ4v) is 4.23. The van der Waals surface area contributed by atoms with Gasteiger partial charge in [-0.1, -0.05) is 66.4 Å². The van der Waals surface area contributed by atoms with Crippen LogP contribution in [0.5, 0.6) is 5.75 Å². The maximum atomic E-state index is 12.8. The van der Waals surface area contributed by atoms with E-state index < -0.39 is 0 Å². The molecule has 2 aromatic carbocycles. The fraction of sp³-hybridized carbons (Fsp3) is 0.227. The highest BCUT2D eigenvalue weighted by Crippen LogP contribution is 2.33. The van der Waals surface area contributed by atoms with Crippen molar-refractivity contribution in [2.45, 2.75) is 6.54 Å². The normalized spacial score (nSPS) is 15.0. The van der Waals surface area contributed by atoms with Crippen LogP contribution in [0.1, 0.15) is 11.1 Å². The van der Waals surface area contributed by atoms with Crippen LogP contribution >= 0.6 is 24.0 Å². The molecule has 1 aliphatic rings. The zero-order valence-electron chi connectivity index (χ0n) is 16.5. The van der Waals surface area contributed by atoms with Crippen molar-refractivity contribution < 1.29 is 19.4 Å². The molecule has 2 aromatic rings. The van der Waals surface area contributed by atoms with Crippen molar-refractivity contribution in [2.75, 3.05) is 26.8 Å². The monoisotopic (exact) mass is 442 g/mol. The quantitative estimate of drug-likeness (QED) is 0.501. The summed E-state index contributed by atoms with van der Waals surface area (Å²) in [5.41, 5.74) is 1.76. The van der Waals surface area contributed by atoms with E-state index in [-0.39, 0.29) is 31.5 Å². The number of hydrogen-bond acceptors (Lipinski definition) is 6. The van der Waals surface area contributed by atoms with E-state index in [1.807, 2.05) is 54.6 Å². The number of ether oxygens (including phenoxy) is 1. The molecule has 1 fully saturated rings. The van der Waals surface area contributed by atoms with E-state index in [9.17, 15) is 14.7 Å². The third-order valence-corrected chi connectivity index (χ3v) is 5.88. The first-order chi connectivity index (χ1) is 14.5. The predicted octanol–water partition coefficient (Wildman–Crippen LogP) is 2.92. The number of benzene rings is 2. The smallest absolute Gasteiger partial charge is 0.266 e. The van der Waals surface area contributed by atoms with Gasteiger partial charge in [0.1, 0.15) is 16.6 Å². The first kappa shape index (κ1) is 22.0. The molecule has 0 radical (unpaired) electrons. The van der Waals surface area contributed by atoms with Crippen molar-refractivity contribution in [1.82, 2.24) is 9.80 Å². The average molecular weight is 443 g/mol. The highest BCUT2D eigenvalue weighted by atomic mass is 32.2. The molecule has 1 saturated heterocycles. The van der Waals surface area contributed by atoms with Crippen molar-refractivity contribution in [3.8, 4) is 5.75 Å². The first-order valence-electron chi connectivity index (χ1n) is 9.34. The average Bonchev–Trinajstić information content (AvgIpc) is 3.01. The number of aliphatic hydroxyl groups is 1. The van der Waals surface area contributed by atoms with Crippen LogP contribution in [0.25, 0.3) is 6.08 Å². The Bertz CT molecular complexity index is 963. The Morgan fingerprint density at radius 2 is 2.00 bits per heavy atom. The number of aliphatic hydroxyl groups excluding tert-OH is 1. The minimum atomic E-state index is -0.301. The number of thioether (sulfide) groups is 1. The first-order valence-corrected chi connectivity index (χ1v) is 10.6. The van der Waals surface area contributed by atoms with E-state index in [1.54, 1.807) is 13.2 Å². The number of nitrogens with zero attached hydrogens (tertiary/aromatic N) is 2. The SMILES string of the molecule is COc1cccc(/C=C2\SC(=S)N(CC(=O)N(CCO)Cc3ccccc3)C2=O)c1. The summed E-state index contributed by atoms with van der Waals surface area (Å²) in [6.07, 6.45) is 1.74. The maximum Gasteiger partial charge on any atom is 0.266 e. The number of methoxy groups -OCH3 is 1. The number of amides is 2. The van der Waals surface area contributed by atoms with Gasteiger partial charge in [-0.2, -0.15) is 0 Å². The number of carbonyl (C=O) groups is 2. The van der Waals surface area contributed by atoms with Crippen LogP contribution < -0.4 is 4.74 Å². The van der Waals surface area contributed by atoms with E-state index >= 15 is 0 Å². The molecule has 0 bridgehead atoms. The Hall–Kier alpha value is -2.68. The largest absolute Gasteiger partial charge is 0.497 e. The van der Waals surface area contributed by atoms with Crippen LogP contribution in [0.4, 0.5) is 0 Å². The molecule has 1 aliphatic heterocycles. The van der Waals surface area contributed by atoms with Crippen molar-refractivity contribution in [3.05, 3.63) is 70.6 Å². The zero-order chi connectivity index (χ0) is 21.5. The molecule has 0 aromatic heterocycles. The topological polar surface area (TPSA) is 70.1 Å². The minimum Gasteiger partial charge on any atom is -0.497 e. The highest BCUT2D eigenvalue weighted by Gasteiger charge is 2.34. The molecule has 1 heterocycles. The zero-order valence-corrected chi connectivity index (χ0v) is 18.1. The molecule has 0 aliphatic carbocycles. The van der Waals surface area contributed by atoms with Crippen LogP contribution in [-0.4, -0.2) is 57.8 Å². The van der Waals surface area contributed by atoms with Crippen LogP contribution in [0, 0.1) is 0 Å². The van der Waals surface area contributed by atoms with Gasteiger partial charge in [-0.15, -0.1) is 0 Å². The molecular formula is C22H22N2O4S2. The number of thiocarbonyl (C=S) groups is 1. The summed E-state index contributed by atoms with van der Waals surface area (Å²) >= 11 is 6.51. The lowest BCUT2D eigenvalue weighted by Crippen LogP contribution is -2.42. The molecule has 1 N–H and O–H groups in total. The van der Waals surface area contributed by atoms with E-state index in [1.165, 1.54) is 21.6 Å². The van der Waals surface area contributed by atoms with E-state index in [0.717, 1.165) is 11.1 Å². The van der Waals surface area contributed by atoms with E-state index in [2.05, 4.69) is 0 Å². The summed E-state index contributed by atoms with van der Waals surface area (Å²) < 4.78 is 5.55. The van der Waals surface area contributed by atoms with Gasteiger partial charge in [-0.25, -0.2) is 0 Å². The molecule has 156 valence electrons. The lowest BCUT2D eigenvalue weighted by Gasteiger charge is -2.24. The second kappa shape index (κ2) is 10.4. The van der Waals surface area contributed by atoms with Crippen LogP contribution in [0.15, 0.2) is 59.5 Å². The second-order valence-corrected chi connectivity index (χ2v) is 8.24. The van der Waals surface area contributed by atoms with Gasteiger partial charge in [0.25, 0.3) is 5.91 Å². The summed E-state index contributed by atoms with van der Waals surface area (Å²) in [5.74, 6) is 0.117. The van der Waals surface area contributed by atoms with Gasteiger partial charge in [0.15, 0.2) is 0 Å².